The average Bonchev–Trinajstić information content (AvgIpc) is 2.51. The van der Waals surface area contributed by atoms with Crippen LogP contribution in [-0.4, -0.2) is 7.11 Å². The largest absolute Gasteiger partial charge is 0.496 e. The molecule has 0 aliphatic carbocycles. The van der Waals surface area contributed by atoms with Gasteiger partial charge >= 0.3 is 0 Å². The van der Waals surface area contributed by atoms with Gasteiger partial charge in [0.2, 0.25) is 5.82 Å². The molecule has 0 atom stereocenters. The van der Waals surface area contributed by atoms with E-state index >= 15 is 0 Å². The fraction of sp³-hybridized carbons (Fsp3) is 0.143. The third-order valence-electron chi connectivity index (χ3n) is 2.96. The molecule has 22 heavy (non-hydrogen) atoms. The monoisotopic (exact) mass is 324 g/mol. The van der Waals surface area contributed by atoms with Crippen LogP contribution < -0.4 is 4.74 Å². The molecule has 2 aromatic carbocycles. The van der Waals surface area contributed by atoms with Gasteiger partial charge in [0.25, 0.3) is 6.43 Å². The van der Waals surface area contributed by atoms with E-state index in [2.05, 4.69) is 0 Å². The molecule has 0 fully saturated rings. The highest BCUT2D eigenvalue weighted by Crippen LogP contribution is 2.38. The molecule has 0 saturated heterocycles. The minimum Gasteiger partial charge on any atom is -0.496 e. The maximum absolute atomic E-state index is 13.7. The number of ether oxygens (including phenoxy) is 1. The van der Waals surface area contributed by atoms with E-state index in [0.29, 0.717) is 0 Å². The highest BCUT2D eigenvalue weighted by Gasteiger charge is 2.28. The lowest BCUT2D eigenvalue weighted by Crippen LogP contribution is -2.05. The van der Waals surface area contributed by atoms with Gasteiger partial charge in [-0.05, 0) is 12.1 Å². The second-order valence-corrected chi connectivity index (χ2v) is 4.21. The lowest BCUT2D eigenvalue weighted by Gasteiger charge is -2.13. The van der Waals surface area contributed by atoms with Gasteiger partial charge in [-0.3, -0.25) is 0 Å². The Morgan fingerprint density at radius 2 is 1.32 bits per heavy atom. The first kappa shape index (κ1) is 16.1. The summed E-state index contributed by atoms with van der Waals surface area (Å²) in [5.74, 6) is -11.1. The van der Waals surface area contributed by atoms with Crippen LogP contribution in [0.1, 0.15) is 12.0 Å². The van der Waals surface area contributed by atoms with Gasteiger partial charge in [-0.25, -0.2) is 30.7 Å². The minimum atomic E-state index is -2.89. The standard InChI is InChI=1S/C14H7F7O/c1-22-7-4-5(14(20)21)2-3-6(7)8-9(15)11(17)13(19)12(18)10(8)16/h2-4,14H,1H3. The summed E-state index contributed by atoms with van der Waals surface area (Å²) >= 11 is 0. The molecule has 0 aliphatic rings. The van der Waals surface area contributed by atoms with Crippen LogP contribution in [0.15, 0.2) is 18.2 Å². The molecular weight excluding hydrogens is 317 g/mol. The van der Waals surface area contributed by atoms with Crippen LogP contribution in [0, 0.1) is 29.1 Å². The van der Waals surface area contributed by atoms with Gasteiger partial charge in [-0.1, -0.05) is 6.07 Å². The second kappa shape index (κ2) is 5.86. The van der Waals surface area contributed by atoms with Crippen LogP contribution in [0.25, 0.3) is 11.1 Å². The summed E-state index contributed by atoms with van der Waals surface area (Å²) in [5, 5.41) is 0. The molecule has 1 nitrogen and oxygen atoms in total. The zero-order valence-corrected chi connectivity index (χ0v) is 10.9. The Morgan fingerprint density at radius 1 is 0.818 bits per heavy atom. The number of hydrogen-bond donors (Lipinski definition) is 0. The molecule has 0 N–H and O–H groups in total. The van der Waals surface area contributed by atoms with Crippen molar-refractivity contribution in [3.05, 3.63) is 52.8 Å². The van der Waals surface area contributed by atoms with Crippen molar-refractivity contribution >= 4 is 0 Å². The van der Waals surface area contributed by atoms with Crippen molar-refractivity contribution in [3.63, 3.8) is 0 Å². The Balaban J connectivity index is 2.77. The van der Waals surface area contributed by atoms with Crippen LogP contribution in [-0.2, 0) is 0 Å². The third kappa shape index (κ3) is 2.49. The Morgan fingerprint density at radius 3 is 1.77 bits per heavy atom. The summed E-state index contributed by atoms with van der Waals surface area (Å²) in [6.45, 7) is 0. The topological polar surface area (TPSA) is 9.23 Å². The fourth-order valence-corrected chi connectivity index (χ4v) is 1.89. The first-order valence-electron chi connectivity index (χ1n) is 5.77. The number of benzene rings is 2. The van der Waals surface area contributed by atoms with Crippen molar-refractivity contribution in [3.8, 4) is 16.9 Å². The molecule has 0 aromatic heterocycles. The predicted molar refractivity (Wildman–Crippen MR) is 63.2 cm³/mol. The summed E-state index contributed by atoms with van der Waals surface area (Å²) in [5.41, 5.74) is -2.29. The van der Waals surface area contributed by atoms with E-state index in [9.17, 15) is 30.7 Å². The molecule has 0 radical (unpaired) electrons. The van der Waals surface area contributed by atoms with Gasteiger partial charge in [0, 0.05) is 11.1 Å². The van der Waals surface area contributed by atoms with Crippen molar-refractivity contribution in [2.75, 3.05) is 7.11 Å². The normalized spacial score (nSPS) is 11.1. The van der Waals surface area contributed by atoms with Gasteiger partial charge in [0.1, 0.15) is 5.75 Å². The van der Waals surface area contributed by atoms with E-state index in [1.807, 2.05) is 0 Å². The number of hydrogen-bond acceptors (Lipinski definition) is 1. The molecule has 0 saturated carbocycles. The van der Waals surface area contributed by atoms with Gasteiger partial charge in [0.05, 0.1) is 12.7 Å². The summed E-state index contributed by atoms with van der Waals surface area (Å²) < 4.78 is 96.8. The Hall–Kier alpha value is -2.25. The number of halogens is 7. The predicted octanol–water partition coefficient (Wildman–Crippen LogP) is 5.00. The van der Waals surface area contributed by atoms with Crippen molar-refractivity contribution in [1.82, 2.24) is 0 Å². The van der Waals surface area contributed by atoms with E-state index in [0.717, 1.165) is 25.3 Å². The van der Waals surface area contributed by atoms with Crippen molar-refractivity contribution in [1.29, 1.82) is 0 Å². The molecule has 2 aromatic rings. The molecule has 0 amide bonds. The summed E-state index contributed by atoms with van der Waals surface area (Å²) in [6, 6.07) is 2.37. The van der Waals surface area contributed by atoms with E-state index in [1.165, 1.54) is 0 Å². The Kier molecular flexibility index (Phi) is 4.30. The maximum atomic E-state index is 13.7. The van der Waals surface area contributed by atoms with Crippen LogP contribution in [0.4, 0.5) is 30.7 Å². The molecular formula is C14H7F7O. The molecule has 118 valence electrons. The molecule has 0 bridgehead atoms. The molecule has 2 rings (SSSR count). The SMILES string of the molecule is COc1cc(C(F)F)ccc1-c1c(F)c(F)c(F)c(F)c1F. The minimum absolute atomic E-state index is 0.444. The second-order valence-electron chi connectivity index (χ2n) is 4.21. The van der Waals surface area contributed by atoms with Gasteiger partial charge in [-0.15, -0.1) is 0 Å². The zero-order valence-electron chi connectivity index (χ0n) is 10.9. The molecule has 0 unspecified atom stereocenters. The van der Waals surface area contributed by atoms with E-state index in [-0.39, 0.29) is 0 Å². The fourth-order valence-electron chi connectivity index (χ4n) is 1.89. The Bertz CT molecular complexity index is 699. The van der Waals surface area contributed by atoms with Crippen molar-refractivity contribution < 1.29 is 35.5 Å². The van der Waals surface area contributed by atoms with Gasteiger partial charge in [0.15, 0.2) is 23.3 Å². The lowest BCUT2D eigenvalue weighted by molar-refractivity contribution is 0.151. The van der Waals surface area contributed by atoms with Gasteiger partial charge in [-0.2, -0.15) is 0 Å². The van der Waals surface area contributed by atoms with Crippen LogP contribution in [0.2, 0.25) is 0 Å². The first-order valence-corrected chi connectivity index (χ1v) is 5.77. The lowest BCUT2D eigenvalue weighted by atomic mass is 10.0. The van der Waals surface area contributed by atoms with Crippen LogP contribution in [0.5, 0.6) is 5.75 Å². The molecule has 8 heteroatoms. The van der Waals surface area contributed by atoms with Crippen molar-refractivity contribution in [2.45, 2.75) is 6.43 Å². The van der Waals surface area contributed by atoms with E-state index < -0.39 is 58.0 Å². The summed E-state index contributed by atoms with van der Waals surface area (Å²) in [4.78, 5) is 0. The van der Waals surface area contributed by atoms with Crippen LogP contribution >= 0.6 is 0 Å². The zero-order chi connectivity index (χ0) is 16.6. The average molecular weight is 324 g/mol. The van der Waals surface area contributed by atoms with Gasteiger partial charge < -0.3 is 4.74 Å². The summed E-state index contributed by atoms with van der Waals surface area (Å²) in [6.07, 6.45) is -2.89. The maximum Gasteiger partial charge on any atom is 0.263 e. The highest BCUT2D eigenvalue weighted by atomic mass is 19.3. The first-order chi connectivity index (χ1) is 10.3. The highest BCUT2D eigenvalue weighted by molar-refractivity contribution is 5.72. The third-order valence-corrected chi connectivity index (χ3v) is 2.96. The molecule has 0 spiro atoms. The quantitative estimate of drug-likeness (QED) is 0.439. The van der Waals surface area contributed by atoms with E-state index in [4.69, 9.17) is 4.74 Å². The van der Waals surface area contributed by atoms with Crippen LogP contribution in [0.3, 0.4) is 0 Å². The number of alkyl halides is 2. The number of methoxy groups -OCH3 is 1. The molecule has 0 aliphatic heterocycles. The number of rotatable bonds is 3. The molecule has 0 heterocycles. The smallest absolute Gasteiger partial charge is 0.263 e. The summed E-state index contributed by atoms with van der Waals surface area (Å²) in [7, 11) is 1.01. The van der Waals surface area contributed by atoms with Crippen molar-refractivity contribution in [2.24, 2.45) is 0 Å². The Labute approximate surface area is 119 Å². The van der Waals surface area contributed by atoms with E-state index in [1.54, 1.807) is 0 Å².